The summed E-state index contributed by atoms with van der Waals surface area (Å²) < 4.78 is 53.2. The molecule has 316 valence electrons. The molecule has 0 saturated carbocycles. The summed E-state index contributed by atoms with van der Waals surface area (Å²) in [5, 5.41) is 25.7. The fourth-order valence-corrected chi connectivity index (χ4v) is 6.93. The van der Waals surface area contributed by atoms with Gasteiger partial charge in [0.05, 0.1) is 68.2 Å². The normalized spacial score (nSPS) is 12.3. The number of nitrogens with zero attached hydrogens (tertiary/aromatic N) is 6. The van der Waals surface area contributed by atoms with Crippen molar-refractivity contribution in [3.63, 3.8) is 0 Å². The van der Waals surface area contributed by atoms with Crippen LogP contribution in [0.2, 0.25) is 0 Å². The predicted octanol–water partition coefficient (Wildman–Crippen LogP) is 9.27. The zero-order valence-electron chi connectivity index (χ0n) is 33.5. The zero-order valence-corrected chi connectivity index (χ0v) is 33.5. The molecule has 2 amide bonds. The second-order valence-corrected chi connectivity index (χ2v) is 14.1. The Morgan fingerprint density at radius 3 is 1.32 bits per heavy atom. The van der Waals surface area contributed by atoms with Crippen LogP contribution in [0.25, 0.3) is 67.1 Å². The summed E-state index contributed by atoms with van der Waals surface area (Å²) >= 11 is 0. The van der Waals surface area contributed by atoms with E-state index in [1.165, 1.54) is 50.5 Å². The molecule has 2 atom stereocenters. The minimum Gasteiger partial charge on any atom is -0.389 e. The van der Waals surface area contributed by atoms with Gasteiger partial charge in [0.1, 0.15) is 23.0 Å². The van der Waals surface area contributed by atoms with E-state index >= 15 is 0 Å². The lowest BCUT2D eigenvalue weighted by atomic mass is 10.0. The number of halogens is 4. The van der Waals surface area contributed by atoms with Crippen LogP contribution in [-0.4, -0.2) is 61.9 Å². The number of aromatic amines is 2. The first-order valence-electron chi connectivity index (χ1n) is 19.1. The third-order valence-corrected chi connectivity index (χ3v) is 9.55. The van der Waals surface area contributed by atoms with Crippen molar-refractivity contribution in [1.82, 2.24) is 39.9 Å². The summed E-state index contributed by atoms with van der Waals surface area (Å²) in [4.78, 5) is 54.8. The van der Waals surface area contributed by atoms with E-state index < -0.39 is 25.1 Å². The second kappa shape index (κ2) is 18.0. The number of amides is 2. The van der Waals surface area contributed by atoms with Gasteiger partial charge < -0.3 is 30.8 Å². The Bertz CT molecular complexity index is 2740. The molecule has 0 spiro atoms. The van der Waals surface area contributed by atoms with E-state index in [2.05, 4.69) is 50.5 Å². The highest BCUT2D eigenvalue weighted by molar-refractivity contribution is 6.03. The molecule has 8 rings (SSSR count). The van der Waals surface area contributed by atoms with Gasteiger partial charge in [-0.25, -0.2) is 37.5 Å². The third kappa shape index (κ3) is 9.01. The average Bonchev–Trinajstić information content (AvgIpc) is 3.83. The van der Waals surface area contributed by atoms with Gasteiger partial charge >= 0.3 is 0 Å². The number of nitrogens with one attached hydrogen (secondary N) is 4. The maximum absolute atomic E-state index is 13.3. The molecule has 62 heavy (non-hydrogen) atoms. The Morgan fingerprint density at radius 1 is 0.581 bits per heavy atom. The minimum atomic E-state index is -2.72. The number of anilines is 2. The predicted molar refractivity (Wildman–Crippen MR) is 225 cm³/mol. The quantitative estimate of drug-likeness (QED) is 0.0719. The van der Waals surface area contributed by atoms with Crippen LogP contribution < -0.4 is 10.6 Å². The first kappa shape index (κ1) is 42.7. The Balaban J connectivity index is 0.000000186. The molecule has 14 nitrogen and oxygen atoms in total. The molecule has 6 N–H and O–H groups in total. The zero-order chi connectivity index (χ0) is 44.2. The number of hydrogen-bond acceptors (Lipinski definition) is 10. The van der Waals surface area contributed by atoms with E-state index in [1.54, 1.807) is 74.8 Å². The van der Waals surface area contributed by atoms with Gasteiger partial charge in [0.15, 0.2) is 0 Å². The van der Waals surface area contributed by atoms with Crippen LogP contribution in [0, 0.1) is 0 Å². The van der Waals surface area contributed by atoms with Crippen LogP contribution in [0.4, 0.5) is 29.2 Å². The van der Waals surface area contributed by atoms with Crippen LogP contribution in [0.5, 0.6) is 0 Å². The molecule has 18 heteroatoms. The number of hydrogen-bond donors (Lipinski definition) is 6. The molecule has 8 heterocycles. The smallest absolute Gasteiger partial charge is 0.280 e. The molecule has 0 fully saturated rings. The monoisotopic (exact) mass is 846 g/mol. The van der Waals surface area contributed by atoms with Crippen LogP contribution in [-0.2, 0) is 9.59 Å². The molecule has 0 saturated heterocycles. The Labute approximate surface area is 350 Å². The average molecular weight is 847 g/mol. The Hall–Kier alpha value is -7.44. The van der Waals surface area contributed by atoms with Crippen molar-refractivity contribution < 1.29 is 37.4 Å². The van der Waals surface area contributed by atoms with Crippen molar-refractivity contribution in [2.45, 2.75) is 52.8 Å². The lowest BCUT2D eigenvalue weighted by Gasteiger charge is -2.08. The number of pyridine rings is 6. The van der Waals surface area contributed by atoms with E-state index in [4.69, 9.17) is 0 Å². The fourth-order valence-electron chi connectivity index (χ4n) is 6.93. The van der Waals surface area contributed by atoms with Crippen molar-refractivity contribution in [3.05, 3.63) is 120 Å². The number of alkyl halides is 4. The maximum atomic E-state index is 13.3. The van der Waals surface area contributed by atoms with E-state index in [1.807, 2.05) is 0 Å². The van der Waals surface area contributed by atoms with Crippen molar-refractivity contribution in [1.29, 1.82) is 0 Å². The number of carbonyl (C=O) groups is 2. The second-order valence-electron chi connectivity index (χ2n) is 14.1. The number of H-pyrrole nitrogens is 2. The van der Waals surface area contributed by atoms with Gasteiger partial charge in [-0.1, -0.05) is 12.1 Å². The van der Waals surface area contributed by atoms with Crippen LogP contribution >= 0.6 is 0 Å². The molecule has 0 radical (unpaired) electrons. The minimum absolute atomic E-state index is 0.272. The topological polar surface area (TPSA) is 208 Å². The first-order chi connectivity index (χ1) is 29.7. The molecular formula is C44H38F4N10O4. The van der Waals surface area contributed by atoms with Crippen LogP contribution in [0.3, 0.4) is 0 Å². The molecule has 0 aromatic carbocycles. The van der Waals surface area contributed by atoms with Gasteiger partial charge in [-0.05, 0) is 74.5 Å². The SMILES string of the molecule is CC(=O)Nc1cc(-c2[nH]c3c([C@@H](C)O)ccnc3c2-c2cccc(C(F)F)n2)ccn1.CC(=O)Nc1cc(-c2[nH]c3c([C@H](C)O)ccnc3c2-c2cccc(C(F)F)n2)ccn1. The molecule has 0 aliphatic heterocycles. The fraction of sp³-hybridized carbons (Fsp3) is 0.182. The highest BCUT2D eigenvalue weighted by Crippen LogP contribution is 2.41. The van der Waals surface area contributed by atoms with Gasteiger partial charge in [0.2, 0.25) is 11.8 Å². The first-order valence-corrected chi connectivity index (χ1v) is 19.1. The number of aromatic nitrogens is 8. The number of rotatable bonds is 10. The van der Waals surface area contributed by atoms with Gasteiger partial charge in [-0.15, -0.1) is 0 Å². The van der Waals surface area contributed by atoms with Gasteiger partial charge in [0, 0.05) is 60.9 Å². The van der Waals surface area contributed by atoms with Crippen molar-refractivity contribution in [2.24, 2.45) is 0 Å². The molecule has 0 unspecified atom stereocenters. The Morgan fingerprint density at radius 2 is 0.968 bits per heavy atom. The van der Waals surface area contributed by atoms with Crippen molar-refractivity contribution in [3.8, 4) is 45.0 Å². The molecule has 0 bridgehead atoms. The highest BCUT2D eigenvalue weighted by atomic mass is 19.3. The number of carbonyl (C=O) groups excluding carboxylic acids is 2. The van der Waals surface area contributed by atoms with Crippen LogP contribution in [0.1, 0.15) is 75.3 Å². The standard InChI is InChI=1S/2C22H19F2N5O2/c2*1-11(30)14-7-9-26-21-18(15-4-3-5-16(28-15)22(23)24)19(29-20(14)21)13-6-8-25-17(10-13)27-12(2)31/h2*3-11,22,29-30H,1-2H3,(H,25,27,31)/t2*11-/m10/s1. The van der Waals surface area contributed by atoms with Crippen molar-refractivity contribution in [2.75, 3.05) is 10.6 Å². The Kier molecular flexibility index (Phi) is 12.4. The summed E-state index contributed by atoms with van der Waals surface area (Å²) in [6.07, 6.45) is -0.835. The molecule has 8 aromatic rings. The van der Waals surface area contributed by atoms with Gasteiger partial charge in [-0.3, -0.25) is 19.6 Å². The van der Waals surface area contributed by atoms with E-state index in [9.17, 15) is 37.4 Å². The maximum Gasteiger partial charge on any atom is 0.280 e. The van der Waals surface area contributed by atoms with Crippen LogP contribution in [0.15, 0.2) is 97.6 Å². The molecule has 8 aromatic heterocycles. The lowest BCUT2D eigenvalue weighted by Crippen LogP contribution is -2.07. The molecule has 0 aliphatic carbocycles. The largest absolute Gasteiger partial charge is 0.389 e. The third-order valence-electron chi connectivity index (χ3n) is 9.55. The van der Waals surface area contributed by atoms with Gasteiger partial charge in [-0.2, -0.15) is 0 Å². The highest BCUT2D eigenvalue weighted by Gasteiger charge is 2.24. The summed E-state index contributed by atoms with van der Waals surface area (Å²) in [5.74, 6) is 0.136. The summed E-state index contributed by atoms with van der Waals surface area (Å²) in [6, 6.07) is 19.0. The van der Waals surface area contributed by atoms with E-state index in [0.29, 0.717) is 89.9 Å². The summed E-state index contributed by atoms with van der Waals surface area (Å²) in [5.41, 5.74) is 6.71. The summed E-state index contributed by atoms with van der Waals surface area (Å²) in [7, 11) is 0. The van der Waals surface area contributed by atoms with Crippen molar-refractivity contribution >= 4 is 45.5 Å². The van der Waals surface area contributed by atoms with E-state index in [0.717, 1.165) is 0 Å². The van der Waals surface area contributed by atoms with E-state index in [-0.39, 0.29) is 23.2 Å². The molecule has 0 aliphatic rings. The van der Waals surface area contributed by atoms with Gasteiger partial charge in [0.25, 0.3) is 12.9 Å². The lowest BCUT2D eigenvalue weighted by molar-refractivity contribution is -0.115. The number of aliphatic hydroxyl groups excluding tert-OH is 2. The number of aliphatic hydroxyl groups is 2. The summed E-state index contributed by atoms with van der Waals surface area (Å²) in [6.45, 7) is 6.01. The molecular weight excluding hydrogens is 809 g/mol. The number of fused-ring (bicyclic) bond motifs is 2.